The molecular weight excluding hydrogens is 244 g/mol. The topological polar surface area (TPSA) is 25.8 Å². The summed E-state index contributed by atoms with van der Waals surface area (Å²) in [6.07, 6.45) is 0. The zero-order chi connectivity index (χ0) is 13.4. The van der Waals surface area contributed by atoms with Gasteiger partial charge in [0.1, 0.15) is 0 Å². The zero-order valence-electron chi connectivity index (χ0n) is 11.4. The minimum atomic E-state index is 0.761. The van der Waals surface area contributed by atoms with Gasteiger partial charge in [0.2, 0.25) is 0 Å². The highest BCUT2D eigenvalue weighted by Gasteiger charge is 2.14. The maximum Gasteiger partial charge on any atom is 0.0770 e. The zero-order valence-corrected chi connectivity index (χ0v) is 12.2. The molecule has 0 amide bonds. The average molecular weight is 261 g/mol. The molecule has 2 aromatic heterocycles. The molecule has 2 rings (SSSR count). The highest BCUT2D eigenvalue weighted by Crippen LogP contribution is 2.31. The van der Waals surface area contributed by atoms with Crippen LogP contribution in [0.5, 0.6) is 0 Å². The summed E-state index contributed by atoms with van der Waals surface area (Å²) in [7, 11) is 0. The lowest BCUT2D eigenvalue weighted by atomic mass is 9.99. The second-order valence-corrected chi connectivity index (χ2v) is 5.17. The average Bonchev–Trinajstić information content (AvgIpc) is 2.23. The van der Waals surface area contributed by atoms with E-state index in [0.717, 1.165) is 38.9 Å². The summed E-state index contributed by atoms with van der Waals surface area (Å²) in [4.78, 5) is 9.16. The van der Waals surface area contributed by atoms with E-state index in [1.165, 1.54) is 5.56 Å². The van der Waals surface area contributed by atoms with Gasteiger partial charge in [-0.2, -0.15) is 0 Å². The van der Waals surface area contributed by atoms with Gasteiger partial charge in [0.15, 0.2) is 0 Å². The van der Waals surface area contributed by atoms with Crippen molar-refractivity contribution in [2.45, 2.75) is 34.6 Å². The summed E-state index contributed by atoms with van der Waals surface area (Å²) in [6, 6.07) is 3.98. The van der Waals surface area contributed by atoms with Gasteiger partial charge in [0, 0.05) is 27.7 Å². The molecule has 2 aromatic rings. The predicted molar refractivity (Wildman–Crippen MR) is 76.2 cm³/mol. The van der Waals surface area contributed by atoms with E-state index in [9.17, 15) is 0 Å². The van der Waals surface area contributed by atoms with Crippen molar-refractivity contribution >= 4 is 11.6 Å². The van der Waals surface area contributed by atoms with Crippen molar-refractivity contribution in [1.82, 2.24) is 9.97 Å². The Labute approximate surface area is 113 Å². The van der Waals surface area contributed by atoms with Gasteiger partial charge in [-0.3, -0.25) is 9.97 Å². The van der Waals surface area contributed by atoms with Crippen LogP contribution >= 0.6 is 11.6 Å². The van der Waals surface area contributed by atoms with Crippen molar-refractivity contribution in [3.05, 3.63) is 45.4 Å². The van der Waals surface area contributed by atoms with Crippen molar-refractivity contribution < 1.29 is 0 Å². The third-order valence-electron chi connectivity index (χ3n) is 3.10. The Morgan fingerprint density at radius 1 is 0.889 bits per heavy atom. The molecule has 2 heterocycles. The Kier molecular flexibility index (Phi) is 3.40. The van der Waals surface area contributed by atoms with Gasteiger partial charge in [-0.05, 0) is 57.9 Å². The van der Waals surface area contributed by atoms with Crippen LogP contribution in [0.1, 0.15) is 28.2 Å². The molecule has 0 radical (unpaired) electrons. The van der Waals surface area contributed by atoms with Crippen molar-refractivity contribution in [2.24, 2.45) is 0 Å². The molecule has 18 heavy (non-hydrogen) atoms. The van der Waals surface area contributed by atoms with E-state index in [1.807, 2.05) is 33.8 Å². The van der Waals surface area contributed by atoms with E-state index in [4.69, 9.17) is 11.6 Å². The van der Waals surface area contributed by atoms with Gasteiger partial charge in [0.05, 0.1) is 5.69 Å². The van der Waals surface area contributed by atoms with Gasteiger partial charge in [-0.25, -0.2) is 0 Å². The Hall–Kier alpha value is -1.41. The lowest BCUT2D eigenvalue weighted by Crippen LogP contribution is -2.00. The number of hydrogen-bond acceptors (Lipinski definition) is 2. The first-order chi connectivity index (χ1) is 8.40. The SMILES string of the molecule is Cc1cc(C)c(-c2nc(C)cc(Cl)c2C)c(C)n1. The van der Waals surface area contributed by atoms with E-state index in [0.29, 0.717) is 0 Å². The van der Waals surface area contributed by atoms with Crippen molar-refractivity contribution in [1.29, 1.82) is 0 Å². The number of hydrogen-bond donors (Lipinski definition) is 0. The molecule has 0 N–H and O–H groups in total. The van der Waals surface area contributed by atoms with Crippen LogP contribution in [0.4, 0.5) is 0 Å². The third-order valence-corrected chi connectivity index (χ3v) is 3.49. The van der Waals surface area contributed by atoms with E-state index in [1.54, 1.807) is 0 Å². The standard InChI is InChI=1S/C15H17ClN2/c1-8-6-9(2)17-12(5)14(8)15-11(4)13(16)7-10(3)18-15/h6-7H,1-5H3. The fourth-order valence-electron chi connectivity index (χ4n) is 2.32. The first-order valence-corrected chi connectivity index (χ1v) is 6.37. The number of aryl methyl sites for hydroxylation is 4. The molecule has 0 aliphatic carbocycles. The smallest absolute Gasteiger partial charge is 0.0770 e. The van der Waals surface area contributed by atoms with Crippen LogP contribution in [0, 0.1) is 34.6 Å². The van der Waals surface area contributed by atoms with Crippen LogP contribution in [-0.2, 0) is 0 Å². The number of aromatic nitrogens is 2. The first kappa shape index (κ1) is 13.0. The monoisotopic (exact) mass is 260 g/mol. The Morgan fingerprint density at radius 2 is 1.50 bits per heavy atom. The van der Waals surface area contributed by atoms with Crippen LogP contribution < -0.4 is 0 Å². The van der Waals surface area contributed by atoms with Crippen molar-refractivity contribution in [3.63, 3.8) is 0 Å². The summed E-state index contributed by atoms with van der Waals surface area (Å²) in [6.45, 7) is 10.1. The Bertz CT molecular complexity index is 595. The van der Waals surface area contributed by atoms with E-state index in [-0.39, 0.29) is 0 Å². The number of nitrogens with zero attached hydrogens (tertiary/aromatic N) is 2. The number of halogens is 1. The summed E-state index contributed by atoms with van der Waals surface area (Å²) in [5, 5.41) is 0.761. The second kappa shape index (κ2) is 4.69. The van der Waals surface area contributed by atoms with Crippen LogP contribution in [0.15, 0.2) is 12.1 Å². The molecule has 0 spiro atoms. The molecule has 0 atom stereocenters. The Morgan fingerprint density at radius 3 is 2.11 bits per heavy atom. The Balaban J connectivity index is 2.77. The molecule has 94 valence electrons. The van der Waals surface area contributed by atoms with Crippen LogP contribution in [0.3, 0.4) is 0 Å². The maximum atomic E-state index is 6.24. The summed E-state index contributed by atoms with van der Waals surface area (Å²) in [5.41, 5.74) is 7.22. The number of rotatable bonds is 1. The molecule has 0 unspecified atom stereocenters. The summed E-state index contributed by atoms with van der Waals surface area (Å²) < 4.78 is 0. The largest absolute Gasteiger partial charge is 0.258 e. The third kappa shape index (κ3) is 2.25. The van der Waals surface area contributed by atoms with E-state index < -0.39 is 0 Å². The lowest BCUT2D eigenvalue weighted by molar-refractivity contribution is 1.09. The molecule has 0 aliphatic heterocycles. The van der Waals surface area contributed by atoms with Gasteiger partial charge in [-0.1, -0.05) is 11.6 Å². The molecule has 0 fully saturated rings. The highest BCUT2D eigenvalue weighted by molar-refractivity contribution is 6.31. The molecule has 2 nitrogen and oxygen atoms in total. The lowest BCUT2D eigenvalue weighted by Gasteiger charge is -2.14. The van der Waals surface area contributed by atoms with E-state index in [2.05, 4.69) is 23.0 Å². The van der Waals surface area contributed by atoms with Crippen LogP contribution in [0.25, 0.3) is 11.3 Å². The van der Waals surface area contributed by atoms with Crippen molar-refractivity contribution in [2.75, 3.05) is 0 Å². The fraction of sp³-hybridized carbons (Fsp3) is 0.333. The molecule has 0 saturated carbocycles. The molecular formula is C15H17ClN2. The van der Waals surface area contributed by atoms with Gasteiger partial charge < -0.3 is 0 Å². The molecule has 0 aliphatic rings. The predicted octanol–water partition coefficient (Wildman–Crippen LogP) is 4.34. The van der Waals surface area contributed by atoms with Gasteiger partial charge in [0.25, 0.3) is 0 Å². The molecule has 0 aromatic carbocycles. The summed E-state index contributed by atoms with van der Waals surface area (Å²) in [5.74, 6) is 0. The number of pyridine rings is 2. The summed E-state index contributed by atoms with van der Waals surface area (Å²) >= 11 is 6.24. The molecule has 3 heteroatoms. The van der Waals surface area contributed by atoms with Crippen LogP contribution in [0.2, 0.25) is 5.02 Å². The molecule has 0 bridgehead atoms. The fourth-order valence-corrected chi connectivity index (χ4v) is 2.57. The second-order valence-electron chi connectivity index (χ2n) is 4.76. The first-order valence-electron chi connectivity index (χ1n) is 5.99. The quantitative estimate of drug-likeness (QED) is 0.762. The minimum Gasteiger partial charge on any atom is -0.258 e. The van der Waals surface area contributed by atoms with Crippen LogP contribution in [-0.4, -0.2) is 9.97 Å². The van der Waals surface area contributed by atoms with Gasteiger partial charge in [-0.15, -0.1) is 0 Å². The normalized spacial score (nSPS) is 10.8. The highest BCUT2D eigenvalue weighted by atomic mass is 35.5. The molecule has 0 saturated heterocycles. The maximum absolute atomic E-state index is 6.24. The van der Waals surface area contributed by atoms with Crippen molar-refractivity contribution in [3.8, 4) is 11.3 Å². The minimum absolute atomic E-state index is 0.761. The van der Waals surface area contributed by atoms with Gasteiger partial charge >= 0.3 is 0 Å². The van der Waals surface area contributed by atoms with E-state index >= 15 is 0 Å².